The van der Waals surface area contributed by atoms with E-state index in [1.807, 2.05) is 12.3 Å². The summed E-state index contributed by atoms with van der Waals surface area (Å²) in [7, 11) is 0. The minimum atomic E-state index is 1.01. The smallest absolute Gasteiger partial charge is 0.0410 e. The van der Waals surface area contributed by atoms with Gasteiger partial charge in [-0.3, -0.25) is 0 Å². The second-order valence-electron chi connectivity index (χ2n) is 3.44. The summed E-state index contributed by atoms with van der Waals surface area (Å²) in [5.41, 5.74) is 0. The predicted molar refractivity (Wildman–Crippen MR) is 69.5 cm³/mol. The number of rotatable bonds is 10. The maximum absolute atomic E-state index is 4.45. The average molecular weight is 226 g/mol. The van der Waals surface area contributed by atoms with E-state index in [0.717, 1.165) is 13.0 Å². The highest BCUT2D eigenvalue weighted by atomic mass is 32.1. The molecule has 3 heteroatoms. The van der Waals surface area contributed by atoms with Gasteiger partial charge in [0.15, 0.2) is 0 Å². The molecule has 2 nitrogen and oxygen atoms in total. The number of hydrogen-bond donors (Lipinski definition) is 1. The Morgan fingerprint density at radius 1 is 1.07 bits per heavy atom. The van der Waals surface area contributed by atoms with Crippen LogP contribution < -0.4 is 5.32 Å². The van der Waals surface area contributed by atoms with Gasteiger partial charge >= 0.3 is 0 Å². The lowest BCUT2D eigenvalue weighted by molar-refractivity contribution is 0.651. The van der Waals surface area contributed by atoms with Gasteiger partial charge in [-0.2, -0.15) is 4.36 Å². The lowest BCUT2D eigenvalue weighted by atomic mass is 10.1. The number of allylic oxidation sites excluding steroid dienone is 2. The lowest BCUT2D eigenvalue weighted by Gasteiger charge is -1.97. The van der Waals surface area contributed by atoms with Crippen LogP contribution in [-0.4, -0.2) is 6.54 Å². The van der Waals surface area contributed by atoms with Crippen molar-refractivity contribution < 1.29 is 0 Å². The van der Waals surface area contributed by atoms with Gasteiger partial charge in [0.05, 0.1) is 0 Å². The van der Waals surface area contributed by atoms with Gasteiger partial charge in [0.1, 0.15) is 0 Å². The fraction of sp³-hybridized carbons (Fsp3) is 0.667. The van der Waals surface area contributed by atoms with E-state index in [9.17, 15) is 0 Å². The van der Waals surface area contributed by atoms with Crippen LogP contribution in [0.3, 0.4) is 0 Å². The summed E-state index contributed by atoms with van der Waals surface area (Å²) in [5.74, 6) is 0. The molecule has 0 saturated heterocycles. The molecule has 0 aromatic rings. The van der Waals surface area contributed by atoms with Crippen molar-refractivity contribution in [3.63, 3.8) is 0 Å². The van der Waals surface area contributed by atoms with Crippen molar-refractivity contribution in [2.75, 3.05) is 6.54 Å². The molecule has 0 spiro atoms. The summed E-state index contributed by atoms with van der Waals surface area (Å²) in [6.45, 7) is 3.11. The Balaban J connectivity index is 3.04. The molecule has 0 heterocycles. The molecule has 0 aliphatic heterocycles. The van der Waals surface area contributed by atoms with Crippen LogP contribution in [0.25, 0.3) is 0 Å². The van der Waals surface area contributed by atoms with Crippen molar-refractivity contribution in [2.45, 2.75) is 45.4 Å². The minimum Gasteiger partial charge on any atom is -0.391 e. The summed E-state index contributed by atoms with van der Waals surface area (Å²) in [5, 5.41) is 3.16. The molecule has 86 valence electrons. The molecule has 0 saturated carbocycles. The van der Waals surface area contributed by atoms with Gasteiger partial charge in [0.25, 0.3) is 0 Å². The predicted octanol–water partition coefficient (Wildman–Crippen LogP) is 3.69. The minimum absolute atomic E-state index is 1.01. The second-order valence-corrected chi connectivity index (χ2v) is 3.65. The number of hydrogen-bond acceptors (Lipinski definition) is 3. The Hall–Kier alpha value is -0.700. The van der Waals surface area contributed by atoms with E-state index in [1.54, 1.807) is 6.20 Å². The maximum atomic E-state index is 4.45. The SMILES string of the molecule is CCNC=CCCCCCCC=CN=S. The molecule has 1 N–H and O–H groups in total. The first-order chi connectivity index (χ1) is 7.41. The first-order valence-corrected chi connectivity index (χ1v) is 6.14. The molecule has 0 aliphatic carbocycles. The van der Waals surface area contributed by atoms with E-state index >= 15 is 0 Å². The van der Waals surface area contributed by atoms with Crippen molar-refractivity contribution in [3.8, 4) is 0 Å². The lowest BCUT2D eigenvalue weighted by Crippen LogP contribution is -2.01. The number of nitrogens with zero attached hydrogens (tertiary/aromatic N) is 1. The molecular formula is C12H22N2S. The molecule has 0 aliphatic rings. The van der Waals surface area contributed by atoms with Gasteiger partial charge in [-0.25, -0.2) is 0 Å². The van der Waals surface area contributed by atoms with Crippen LogP contribution in [0.15, 0.2) is 28.9 Å². The Kier molecular flexibility index (Phi) is 12.7. The van der Waals surface area contributed by atoms with Gasteiger partial charge in [-0.15, -0.1) is 0 Å². The molecule has 0 unspecified atom stereocenters. The highest BCUT2D eigenvalue weighted by Crippen LogP contribution is 2.06. The second kappa shape index (κ2) is 13.3. The largest absolute Gasteiger partial charge is 0.391 e. The van der Waals surface area contributed by atoms with Gasteiger partial charge < -0.3 is 5.32 Å². The normalized spacial score (nSPS) is 11.3. The topological polar surface area (TPSA) is 24.4 Å². The Morgan fingerprint density at radius 3 is 2.33 bits per heavy atom. The highest BCUT2D eigenvalue weighted by Gasteiger charge is 1.87. The van der Waals surface area contributed by atoms with Crippen molar-refractivity contribution in [3.05, 3.63) is 24.6 Å². The van der Waals surface area contributed by atoms with Crippen LogP contribution in [0.4, 0.5) is 0 Å². The van der Waals surface area contributed by atoms with Crippen LogP contribution in [0.5, 0.6) is 0 Å². The molecule has 0 radical (unpaired) electrons. The molecule has 0 atom stereocenters. The summed E-state index contributed by atoms with van der Waals surface area (Å²) in [4.78, 5) is 0. The molecule has 0 fully saturated rings. The van der Waals surface area contributed by atoms with Crippen molar-refractivity contribution >= 4 is 12.4 Å². The molecule has 0 aromatic heterocycles. The van der Waals surface area contributed by atoms with Crippen molar-refractivity contribution in [2.24, 2.45) is 4.36 Å². The van der Waals surface area contributed by atoms with E-state index in [0.29, 0.717) is 0 Å². The standard InChI is InChI=1S/C12H22N2S/c1-2-13-11-9-7-5-3-4-6-8-10-12-14-15/h9-13H,2-8H2,1H3. The summed E-state index contributed by atoms with van der Waals surface area (Å²) in [6.07, 6.45) is 15.4. The van der Waals surface area contributed by atoms with E-state index in [-0.39, 0.29) is 0 Å². The third-order valence-corrected chi connectivity index (χ3v) is 2.22. The first kappa shape index (κ1) is 14.3. The van der Waals surface area contributed by atoms with Gasteiger partial charge in [-0.05, 0) is 38.8 Å². The average Bonchev–Trinajstić information content (AvgIpc) is 2.26. The zero-order chi connectivity index (χ0) is 11.2. The van der Waals surface area contributed by atoms with Crippen LogP contribution in [0, 0.1) is 0 Å². The fourth-order valence-corrected chi connectivity index (χ4v) is 1.37. The van der Waals surface area contributed by atoms with E-state index in [1.165, 1.54) is 32.1 Å². The third kappa shape index (κ3) is 13.3. The maximum Gasteiger partial charge on any atom is 0.0410 e. The van der Waals surface area contributed by atoms with E-state index < -0.39 is 0 Å². The van der Waals surface area contributed by atoms with Crippen LogP contribution in [-0.2, 0) is 12.4 Å². The highest BCUT2D eigenvalue weighted by molar-refractivity contribution is 7.47. The Labute approximate surface area is 99.0 Å². The van der Waals surface area contributed by atoms with Crippen molar-refractivity contribution in [1.82, 2.24) is 5.32 Å². The fourth-order valence-electron chi connectivity index (χ4n) is 1.28. The summed E-state index contributed by atoms with van der Waals surface area (Å²) >= 11 is 4.45. The quantitative estimate of drug-likeness (QED) is 0.574. The molecule has 0 bridgehead atoms. The zero-order valence-corrected chi connectivity index (χ0v) is 10.4. The van der Waals surface area contributed by atoms with Crippen LogP contribution in [0.1, 0.15) is 45.4 Å². The molecule has 0 aromatic carbocycles. The van der Waals surface area contributed by atoms with Gasteiger partial charge in [0.2, 0.25) is 0 Å². The summed E-state index contributed by atoms with van der Waals surface area (Å²) < 4.78 is 3.50. The molecule has 15 heavy (non-hydrogen) atoms. The monoisotopic (exact) mass is 226 g/mol. The number of unbranched alkanes of at least 4 members (excludes halogenated alkanes) is 5. The van der Waals surface area contributed by atoms with Crippen LogP contribution >= 0.6 is 0 Å². The van der Waals surface area contributed by atoms with Crippen LogP contribution in [0.2, 0.25) is 0 Å². The third-order valence-electron chi connectivity index (χ3n) is 2.10. The Morgan fingerprint density at radius 2 is 1.73 bits per heavy atom. The number of nitrogens with one attached hydrogen (secondary N) is 1. The molecule has 0 amide bonds. The first-order valence-electron chi connectivity index (χ1n) is 5.77. The van der Waals surface area contributed by atoms with E-state index in [4.69, 9.17) is 0 Å². The van der Waals surface area contributed by atoms with Gasteiger partial charge in [-0.1, -0.05) is 25.0 Å². The molecular weight excluding hydrogens is 204 g/mol. The van der Waals surface area contributed by atoms with E-state index in [2.05, 4.69) is 35.1 Å². The van der Waals surface area contributed by atoms with Crippen molar-refractivity contribution in [1.29, 1.82) is 0 Å². The molecule has 0 rings (SSSR count). The van der Waals surface area contributed by atoms with Gasteiger partial charge in [0, 0.05) is 25.2 Å². The Bertz CT molecular complexity index is 188. The zero-order valence-electron chi connectivity index (χ0n) is 9.61. The summed E-state index contributed by atoms with van der Waals surface area (Å²) in [6, 6.07) is 0.